The second-order valence-electron chi connectivity index (χ2n) is 4.73. The van der Waals surface area contributed by atoms with E-state index < -0.39 is 6.10 Å². The average molecular weight is 260 g/mol. The Labute approximate surface area is 108 Å². The quantitative estimate of drug-likeness (QED) is 0.882. The van der Waals surface area contributed by atoms with Gasteiger partial charge < -0.3 is 5.11 Å². The maximum atomic E-state index is 10.5. The Morgan fingerprint density at radius 1 is 1.47 bits per heavy atom. The number of aromatic nitrogens is 2. The number of likely N-dealkylation sites (N-methyl/N-ethyl adjacent to an activating group) is 1. The summed E-state index contributed by atoms with van der Waals surface area (Å²) in [5.74, 6) is 0. The molecule has 1 aromatic rings. The van der Waals surface area contributed by atoms with Gasteiger partial charge in [0.05, 0.1) is 16.9 Å². The van der Waals surface area contributed by atoms with Gasteiger partial charge in [-0.1, -0.05) is 25.4 Å². The first-order valence-electron chi connectivity index (χ1n) is 5.96. The molecule has 0 aliphatic heterocycles. The van der Waals surface area contributed by atoms with E-state index in [9.17, 15) is 5.11 Å². The molecule has 1 heterocycles. The molecule has 0 saturated carbocycles. The fourth-order valence-corrected chi connectivity index (χ4v) is 2.54. The van der Waals surface area contributed by atoms with Gasteiger partial charge in [-0.15, -0.1) is 0 Å². The number of aliphatic hydroxyl groups excluding tert-OH is 1. The van der Waals surface area contributed by atoms with Gasteiger partial charge in [0.1, 0.15) is 6.10 Å². The molecular formula is C12H22ClN3O. The van der Waals surface area contributed by atoms with E-state index in [4.69, 9.17) is 11.6 Å². The van der Waals surface area contributed by atoms with Crippen molar-refractivity contribution in [2.24, 2.45) is 7.05 Å². The molecule has 0 radical (unpaired) electrons. The second kappa shape index (κ2) is 5.38. The second-order valence-corrected chi connectivity index (χ2v) is 5.14. The third-order valence-corrected chi connectivity index (χ3v) is 3.74. The number of aryl methyl sites for hydroxylation is 1. The van der Waals surface area contributed by atoms with Crippen LogP contribution in [0.1, 0.15) is 39.5 Å². The minimum Gasteiger partial charge on any atom is -0.385 e. The van der Waals surface area contributed by atoms with Crippen LogP contribution >= 0.6 is 11.6 Å². The molecule has 5 heteroatoms. The lowest BCUT2D eigenvalue weighted by Gasteiger charge is -2.40. The van der Waals surface area contributed by atoms with Gasteiger partial charge >= 0.3 is 0 Å². The molecule has 1 rings (SSSR count). The molecule has 17 heavy (non-hydrogen) atoms. The summed E-state index contributed by atoms with van der Waals surface area (Å²) in [6, 6.07) is 0. The Balaban J connectivity index is 3.07. The smallest absolute Gasteiger partial charge is 0.115 e. The molecule has 4 nitrogen and oxygen atoms in total. The molecule has 1 unspecified atom stereocenters. The van der Waals surface area contributed by atoms with Gasteiger partial charge in [0.25, 0.3) is 0 Å². The van der Waals surface area contributed by atoms with Crippen LogP contribution in [0.3, 0.4) is 0 Å². The maximum absolute atomic E-state index is 10.5. The van der Waals surface area contributed by atoms with Gasteiger partial charge in [0.15, 0.2) is 0 Å². The number of rotatable bonds is 5. The molecule has 0 aromatic carbocycles. The van der Waals surface area contributed by atoms with E-state index in [1.54, 1.807) is 17.9 Å². The average Bonchev–Trinajstić information content (AvgIpc) is 2.59. The highest BCUT2D eigenvalue weighted by Gasteiger charge is 2.36. The number of hydrogen-bond acceptors (Lipinski definition) is 3. The summed E-state index contributed by atoms with van der Waals surface area (Å²) < 4.78 is 1.64. The van der Waals surface area contributed by atoms with Crippen molar-refractivity contribution in [2.75, 3.05) is 13.1 Å². The van der Waals surface area contributed by atoms with Gasteiger partial charge in [0, 0.05) is 12.6 Å². The Kier molecular flexibility index (Phi) is 4.58. The van der Waals surface area contributed by atoms with E-state index in [0.29, 0.717) is 10.7 Å². The normalized spacial score (nSPS) is 14.4. The van der Waals surface area contributed by atoms with Crippen LogP contribution in [-0.2, 0) is 7.05 Å². The molecule has 98 valence electrons. The molecule has 1 aromatic heterocycles. The Hall–Kier alpha value is -0.580. The van der Waals surface area contributed by atoms with E-state index in [1.165, 1.54) is 0 Å². The fraction of sp³-hybridized carbons (Fsp3) is 0.750. The zero-order chi connectivity index (χ0) is 13.2. The van der Waals surface area contributed by atoms with E-state index in [0.717, 1.165) is 13.1 Å². The molecular weight excluding hydrogens is 238 g/mol. The third-order valence-electron chi connectivity index (χ3n) is 3.44. The highest BCUT2D eigenvalue weighted by atomic mass is 35.5. The lowest BCUT2D eigenvalue weighted by Crippen LogP contribution is -2.48. The van der Waals surface area contributed by atoms with E-state index in [-0.39, 0.29) is 5.54 Å². The van der Waals surface area contributed by atoms with Gasteiger partial charge in [-0.3, -0.25) is 9.58 Å². The van der Waals surface area contributed by atoms with Crippen molar-refractivity contribution in [1.29, 1.82) is 0 Å². The van der Waals surface area contributed by atoms with Crippen molar-refractivity contribution < 1.29 is 5.11 Å². The standard InChI is InChI=1S/C12H22ClN3O/c1-6-16(7-2)12(3,4)11(17)10-9(13)8-14-15(10)5/h8,11,17H,6-7H2,1-5H3. The van der Waals surface area contributed by atoms with Crippen LogP contribution in [0.2, 0.25) is 5.02 Å². The Morgan fingerprint density at radius 2 is 2.00 bits per heavy atom. The molecule has 0 bridgehead atoms. The SMILES string of the molecule is CCN(CC)C(C)(C)C(O)c1c(Cl)cnn1C. The highest BCUT2D eigenvalue weighted by molar-refractivity contribution is 6.31. The first-order valence-corrected chi connectivity index (χ1v) is 6.34. The minimum absolute atomic E-state index is 0.374. The highest BCUT2D eigenvalue weighted by Crippen LogP contribution is 2.34. The van der Waals surface area contributed by atoms with Crippen LogP contribution in [0.4, 0.5) is 0 Å². The van der Waals surface area contributed by atoms with Gasteiger partial charge in [-0.2, -0.15) is 5.10 Å². The zero-order valence-corrected chi connectivity index (χ0v) is 12.0. The fourth-order valence-electron chi connectivity index (χ4n) is 2.27. The van der Waals surface area contributed by atoms with Crippen molar-refractivity contribution in [3.8, 4) is 0 Å². The predicted octanol–water partition coefficient (Wildman–Crippen LogP) is 2.23. The number of aliphatic hydroxyl groups is 1. The van der Waals surface area contributed by atoms with Crippen LogP contribution in [0, 0.1) is 0 Å². The number of hydrogen-bond donors (Lipinski definition) is 1. The van der Waals surface area contributed by atoms with Crippen molar-refractivity contribution in [1.82, 2.24) is 14.7 Å². The molecule has 0 amide bonds. The van der Waals surface area contributed by atoms with E-state index >= 15 is 0 Å². The van der Waals surface area contributed by atoms with E-state index in [2.05, 4.69) is 23.8 Å². The number of nitrogens with zero attached hydrogens (tertiary/aromatic N) is 3. The first kappa shape index (κ1) is 14.5. The molecule has 0 saturated heterocycles. The molecule has 1 N–H and O–H groups in total. The number of halogens is 1. The summed E-state index contributed by atoms with van der Waals surface area (Å²) in [4.78, 5) is 2.21. The summed E-state index contributed by atoms with van der Waals surface area (Å²) in [6.07, 6.45) is 0.903. The monoisotopic (exact) mass is 259 g/mol. The summed E-state index contributed by atoms with van der Waals surface area (Å²) in [7, 11) is 1.79. The lowest BCUT2D eigenvalue weighted by molar-refractivity contribution is -0.0106. The van der Waals surface area contributed by atoms with Crippen molar-refractivity contribution in [3.05, 3.63) is 16.9 Å². The molecule has 0 fully saturated rings. The van der Waals surface area contributed by atoms with Crippen LogP contribution in [0.25, 0.3) is 0 Å². The van der Waals surface area contributed by atoms with Crippen molar-refractivity contribution >= 4 is 11.6 Å². The van der Waals surface area contributed by atoms with E-state index in [1.807, 2.05) is 13.8 Å². The summed E-state index contributed by atoms with van der Waals surface area (Å²) in [5, 5.41) is 15.1. The van der Waals surface area contributed by atoms with Crippen LogP contribution < -0.4 is 0 Å². The topological polar surface area (TPSA) is 41.3 Å². The Morgan fingerprint density at radius 3 is 2.35 bits per heavy atom. The van der Waals surface area contributed by atoms with Crippen molar-refractivity contribution in [2.45, 2.75) is 39.3 Å². The zero-order valence-electron chi connectivity index (χ0n) is 11.2. The molecule has 0 aliphatic rings. The molecule has 1 atom stereocenters. The van der Waals surface area contributed by atoms with Gasteiger partial charge in [-0.05, 0) is 26.9 Å². The third kappa shape index (κ3) is 2.64. The Bertz CT molecular complexity index is 352. The summed E-state index contributed by atoms with van der Waals surface area (Å²) >= 11 is 6.08. The van der Waals surface area contributed by atoms with Crippen LogP contribution in [0.15, 0.2) is 6.20 Å². The van der Waals surface area contributed by atoms with Gasteiger partial charge in [-0.25, -0.2) is 0 Å². The van der Waals surface area contributed by atoms with Crippen LogP contribution in [0.5, 0.6) is 0 Å². The summed E-state index contributed by atoms with van der Waals surface area (Å²) in [5.41, 5.74) is 0.296. The summed E-state index contributed by atoms with van der Waals surface area (Å²) in [6.45, 7) is 9.99. The minimum atomic E-state index is -0.664. The molecule has 0 spiro atoms. The largest absolute Gasteiger partial charge is 0.385 e. The van der Waals surface area contributed by atoms with Gasteiger partial charge in [0.2, 0.25) is 0 Å². The molecule has 0 aliphatic carbocycles. The van der Waals surface area contributed by atoms with Crippen LogP contribution in [-0.4, -0.2) is 38.4 Å². The predicted molar refractivity (Wildman–Crippen MR) is 70.2 cm³/mol. The van der Waals surface area contributed by atoms with Crippen molar-refractivity contribution in [3.63, 3.8) is 0 Å². The maximum Gasteiger partial charge on any atom is 0.115 e. The first-order chi connectivity index (χ1) is 7.86. The lowest BCUT2D eigenvalue weighted by atomic mass is 9.92.